The molecule has 0 radical (unpaired) electrons. The highest BCUT2D eigenvalue weighted by Gasteiger charge is 2.55. The largest absolute Gasteiger partial charge is 0.462 e. The number of esters is 1. The minimum Gasteiger partial charge on any atom is -0.462 e. The third-order valence-electron chi connectivity index (χ3n) is 5.16. The molecule has 0 spiro atoms. The molecular formula is C22H28BrClN3O9P. The number of aromatic amines is 1. The van der Waals surface area contributed by atoms with Crippen LogP contribution in [0.3, 0.4) is 0 Å². The SMILES string of the molecule is Cc1cccc(OP(=O)(N[C@@H](C)C(=O)OC(C)C)OC[C@H]2O[C@@H](n3ccc(=O)[nH]c3=O)[C@](Cl)(Br)[C@@H]2O)c1. The van der Waals surface area contributed by atoms with Crippen LogP contribution in [-0.2, 0) is 23.4 Å². The summed E-state index contributed by atoms with van der Waals surface area (Å²) in [4.78, 5) is 38.1. The van der Waals surface area contributed by atoms with Gasteiger partial charge in [-0.1, -0.05) is 39.7 Å². The Morgan fingerprint density at radius 1 is 1.35 bits per heavy atom. The van der Waals surface area contributed by atoms with E-state index in [4.69, 9.17) is 30.1 Å². The van der Waals surface area contributed by atoms with Gasteiger partial charge in [0.2, 0.25) is 0 Å². The van der Waals surface area contributed by atoms with Crippen LogP contribution in [0.15, 0.2) is 46.1 Å². The van der Waals surface area contributed by atoms with Crippen LogP contribution < -0.4 is 20.9 Å². The minimum atomic E-state index is -4.26. The van der Waals surface area contributed by atoms with Gasteiger partial charge in [-0.2, -0.15) is 5.09 Å². The van der Waals surface area contributed by atoms with Crippen molar-refractivity contribution in [3.63, 3.8) is 0 Å². The molecule has 1 aromatic carbocycles. The normalized spacial score (nSPS) is 26.0. The Labute approximate surface area is 225 Å². The maximum absolute atomic E-state index is 13.7. The second-order valence-corrected chi connectivity index (χ2v) is 12.8. The lowest BCUT2D eigenvalue weighted by Gasteiger charge is -2.25. The van der Waals surface area contributed by atoms with E-state index >= 15 is 0 Å². The summed E-state index contributed by atoms with van der Waals surface area (Å²) in [5.74, 6) is -0.473. The van der Waals surface area contributed by atoms with Gasteiger partial charge >= 0.3 is 19.4 Å². The van der Waals surface area contributed by atoms with Crippen LogP contribution in [0.1, 0.15) is 32.6 Å². The van der Waals surface area contributed by atoms with E-state index in [1.807, 2.05) is 13.0 Å². The quantitative estimate of drug-likeness (QED) is 0.204. The molecule has 0 saturated carbocycles. The first-order chi connectivity index (χ1) is 17.2. The monoisotopic (exact) mass is 623 g/mol. The van der Waals surface area contributed by atoms with Crippen molar-refractivity contribution in [1.82, 2.24) is 14.6 Å². The van der Waals surface area contributed by atoms with E-state index in [1.54, 1.807) is 32.0 Å². The number of alkyl halides is 2. The number of carbonyl (C=O) groups excluding carboxylic acids is 1. The molecule has 6 atom stereocenters. The molecule has 3 N–H and O–H groups in total. The number of aliphatic hydroxyl groups excluding tert-OH is 1. The maximum atomic E-state index is 13.7. The lowest BCUT2D eigenvalue weighted by molar-refractivity contribution is -0.149. The van der Waals surface area contributed by atoms with Crippen molar-refractivity contribution in [3.05, 3.63) is 62.9 Å². The average molecular weight is 625 g/mol. The van der Waals surface area contributed by atoms with Crippen LogP contribution in [-0.4, -0.2) is 55.4 Å². The van der Waals surface area contributed by atoms with Gasteiger partial charge in [-0.15, -0.1) is 0 Å². The Morgan fingerprint density at radius 3 is 2.68 bits per heavy atom. The van der Waals surface area contributed by atoms with Crippen molar-refractivity contribution < 1.29 is 33.0 Å². The van der Waals surface area contributed by atoms with Gasteiger partial charge in [0.15, 0.2) is 10.0 Å². The number of aromatic nitrogens is 2. The number of rotatable bonds is 10. The predicted octanol–water partition coefficient (Wildman–Crippen LogP) is 2.57. The highest BCUT2D eigenvalue weighted by Crippen LogP contribution is 2.50. The molecule has 37 heavy (non-hydrogen) atoms. The zero-order valence-corrected chi connectivity index (χ0v) is 23.7. The lowest BCUT2D eigenvalue weighted by Crippen LogP contribution is -2.41. The van der Waals surface area contributed by atoms with Gasteiger partial charge in [-0.25, -0.2) is 9.36 Å². The number of carbonyl (C=O) groups is 1. The Morgan fingerprint density at radius 2 is 2.05 bits per heavy atom. The fraction of sp³-hybridized carbons (Fsp3) is 0.500. The molecule has 0 bridgehead atoms. The number of hydrogen-bond donors (Lipinski definition) is 3. The molecule has 15 heteroatoms. The molecule has 2 aromatic rings. The minimum absolute atomic E-state index is 0.206. The highest BCUT2D eigenvalue weighted by atomic mass is 79.9. The summed E-state index contributed by atoms with van der Waals surface area (Å²) in [6.07, 6.45) is -3.17. The van der Waals surface area contributed by atoms with Crippen LogP contribution in [0.2, 0.25) is 0 Å². The van der Waals surface area contributed by atoms with Crippen molar-refractivity contribution in [3.8, 4) is 5.75 Å². The number of aryl methyl sites for hydroxylation is 1. The standard InChI is InChI=1S/C22H28BrClN3O9P/c1-12(2)34-19(30)14(4)26-37(32,36-15-7-5-6-13(3)10-15)33-11-16-18(29)22(23,24)20(35-16)27-9-8-17(28)25-21(27)31/h5-10,12,14,16,18,20,29H,11H2,1-4H3,(H,26,32)(H,25,28,31)/t14-,16+,18+,20+,22-,37?/m0/s1. The Bertz CT molecular complexity index is 1280. The first-order valence-electron chi connectivity index (χ1n) is 11.2. The summed E-state index contributed by atoms with van der Waals surface area (Å²) < 4.78 is 35.1. The van der Waals surface area contributed by atoms with Crippen molar-refractivity contribution in [2.24, 2.45) is 0 Å². The number of halogens is 2. The van der Waals surface area contributed by atoms with Crippen molar-refractivity contribution in [2.75, 3.05) is 6.61 Å². The molecule has 1 unspecified atom stereocenters. The Hall–Kier alpha value is -1.99. The zero-order valence-electron chi connectivity index (χ0n) is 20.4. The van der Waals surface area contributed by atoms with E-state index in [-0.39, 0.29) is 5.75 Å². The fourth-order valence-corrected chi connectivity index (χ4v) is 5.83. The van der Waals surface area contributed by atoms with Crippen molar-refractivity contribution >= 4 is 41.2 Å². The topological polar surface area (TPSA) is 158 Å². The zero-order chi connectivity index (χ0) is 27.5. The molecule has 2 heterocycles. The number of nitrogens with zero attached hydrogens (tertiary/aromatic N) is 1. The van der Waals surface area contributed by atoms with Gasteiger partial charge in [-0.3, -0.25) is 23.7 Å². The molecule has 12 nitrogen and oxygen atoms in total. The van der Waals surface area contributed by atoms with E-state index in [9.17, 15) is 24.1 Å². The van der Waals surface area contributed by atoms with Gasteiger partial charge in [0, 0.05) is 12.3 Å². The van der Waals surface area contributed by atoms with Gasteiger partial charge < -0.3 is 19.1 Å². The van der Waals surface area contributed by atoms with Gasteiger partial charge in [0.05, 0.1) is 12.7 Å². The van der Waals surface area contributed by atoms with Gasteiger partial charge in [0.1, 0.15) is 24.0 Å². The van der Waals surface area contributed by atoms with E-state index in [2.05, 4.69) is 26.0 Å². The molecule has 3 rings (SSSR count). The van der Waals surface area contributed by atoms with Crippen LogP contribution >= 0.6 is 35.3 Å². The van der Waals surface area contributed by atoms with E-state index in [0.717, 1.165) is 22.4 Å². The molecule has 0 amide bonds. The predicted molar refractivity (Wildman–Crippen MR) is 138 cm³/mol. The Balaban J connectivity index is 1.82. The third-order valence-corrected chi connectivity index (χ3v) is 8.08. The number of aliphatic hydroxyl groups is 1. The number of hydrogen-bond acceptors (Lipinski definition) is 9. The lowest BCUT2D eigenvalue weighted by atomic mass is 10.2. The second kappa shape index (κ2) is 11.8. The van der Waals surface area contributed by atoms with E-state index < -0.39 is 65.9 Å². The number of benzene rings is 1. The van der Waals surface area contributed by atoms with E-state index in [1.165, 1.54) is 6.92 Å². The maximum Gasteiger partial charge on any atom is 0.459 e. The second-order valence-electron chi connectivity index (χ2n) is 8.70. The van der Waals surface area contributed by atoms with Crippen LogP contribution in [0.5, 0.6) is 5.75 Å². The summed E-state index contributed by atoms with van der Waals surface area (Å²) in [5, 5.41) is 13.3. The molecule has 1 saturated heterocycles. The molecule has 1 aliphatic heterocycles. The van der Waals surface area contributed by atoms with Crippen molar-refractivity contribution in [2.45, 2.75) is 62.1 Å². The molecule has 204 valence electrons. The molecule has 1 fully saturated rings. The summed E-state index contributed by atoms with van der Waals surface area (Å²) in [6.45, 7) is 6.07. The molecule has 1 aliphatic rings. The molecule has 0 aliphatic carbocycles. The van der Waals surface area contributed by atoms with E-state index in [0.29, 0.717) is 0 Å². The number of nitrogens with one attached hydrogen (secondary N) is 2. The number of H-pyrrole nitrogens is 1. The smallest absolute Gasteiger partial charge is 0.459 e. The summed E-state index contributed by atoms with van der Waals surface area (Å²) in [5.41, 5.74) is -0.616. The summed E-state index contributed by atoms with van der Waals surface area (Å²) >= 11 is 9.63. The average Bonchev–Trinajstić information content (AvgIpc) is 3.00. The fourth-order valence-electron chi connectivity index (χ4n) is 3.41. The molecular weight excluding hydrogens is 597 g/mol. The van der Waals surface area contributed by atoms with Gasteiger partial charge in [0.25, 0.3) is 5.56 Å². The number of ether oxygens (including phenoxy) is 2. The third kappa shape index (κ3) is 7.32. The van der Waals surface area contributed by atoms with Gasteiger partial charge in [-0.05, 0) is 45.4 Å². The van der Waals surface area contributed by atoms with Crippen LogP contribution in [0, 0.1) is 6.92 Å². The molecule has 1 aromatic heterocycles. The van der Waals surface area contributed by atoms with Crippen LogP contribution in [0.4, 0.5) is 0 Å². The van der Waals surface area contributed by atoms with Crippen molar-refractivity contribution in [1.29, 1.82) is 0 Å². The first kappa shape index (κ1) is 29.6. The highest BCUT2D eigenvalue weighted by molar-refractivity contribution is 9.10. The first-order valence-corrected chi connectivity index (χ1v) is 13.9. The summed E-state index contributed by atoms with van der Waals surface area (Å²) in [6, 6.07) is 6.69. The Kier molecular flexibility index (Phi) is 9.44. The summed E-state index contributed by atoms with van der Waals surface area (Å²) in [7, 11) is -4.26. The van der Waals surface area contributed by atoms with Crippen LogP contribution in [0.25, 0.3) is 0 Å².